The molecule has 0 saturated heterocycles. The molecule has 4 atom stereocenters. The molecule has 0 heterocycles. The first-order chi connectivity index (χ1) is 12.8. The Morgan fingerprint density at radius 3 is 2.23 bits per heavy atom. The van der Waals surface area contributed by atoms with Crippen molar-refractivity contribution in [3.05, 3.63) is 34.4 Å². The van der Waals surface area contributed by atoms with Gasteiger partial charge in [0.15, 0.2) is 0 Å². The summed E-state index contributed by atoms with van der Waals surface area (Å²) in [5, 5.41) is 0. The predicted molar refractivity (Wildman–Crippen MR) is 115 cm³/mol. The van der Waals surface area contributed by atoms with Crippen LogP contribution in [-0.2, 0) is 0 Å². The molecule has 0 fully saturated rings. The van der Waals surface area contributed by atoms with Crippen LogP contribution >= 0.6 is 0 Å². The lowest BCUT2D eigenvalue weighted by Gasteiger charge is -2.50. The summed E-state index contributed by atoms with van der Waals surface area (Å²) in [4.78, 5) is 0. The zero-order chi connectivity index (χ0) is 17.6. The molecule has 5 rings (SSSR count). The van der Waals surface area contributed by atoms with Gasteiger partial charge in [-0.2, -0.15) is 0 Å². The topological polar surface area (TPSA) is 0 Å². The quantitative estimate of drug-likeness (QED) is 0.348. The summed E-state index contributed by atoms with van der Waals surface area (Å²) in [6.07, 6.45) is 27.4. The third kappa shape index (κ3) is 2.76. The second-order valence-corrected chi connectivity index (χ2v) is 15.1. The van der Waals surface area contributed by atoms with Gasteiger partial charge in [-0.25, -0.2) is 0 Å². The van der Waals surface area contributed by atoms with Crippen LogP contribution in [0.1, 0.15) is 96.3 Å². The highest BCUT2D eigenvalue weighted by molar-refractivity contribution is 6.84. The van der Waals surface area contributed by atoms with Crippen LogP contribution < -0.4 is 0 Å². The molecule has 5 aliphatic carbocycles. The summed E-state index contributed by atoms with van der Waals surface area (Å²) in [5.41, 5.74) is 11.0. The van der Waals surface area contributed by atoms with Crippen molar-refractivity contribution in [3.63, 3.8) is 0 Å². The number of hydrogen-bond acceptors (Lipinski definition) is 0. The first-order valence-corrected chi connectivity index (χ1v) is 14.6. The second kappa shape index (κ2) is 7.11. The fourth-order valence-electron chi connectivity index (χ4n) is 7.88. The van der Waals surface area contributed by atoms with E-state index < -0.39 is 8.07 Å². The van der Waals surface area contributed by atoms with Crippen LogP contribution in [0, 0.1) is 0 Å². The van der Waals surface area contributed by atoms with E-state index in [0.717, 1.165) is 16.6 Å². The second-order valence-electron chi connectivity index (χ2n) is 10.2. The highest BCUT2D eigenvalue weighted by Gasteiger charge is 2.53. The maximum Gasteiger partial charge on any atom is 0.0716 e. The lowest BCUT2D eigenvalue weighted by atomic mass is 9.93. The molecule has 0 spiro atoms. The van der Waals surface area contributed by atoms with Crippen molar-refractivity contribution >= 4 is 8.07 Å². The van der Waals surface area contributed by atoms with E-state index in [4.69, 9.17) is 0 Å². The summed E-state index contributed by atoms with van der Waals surface area (Å²) in [5.74, 6) is 0. The zero-order valence-electron chi connectivity index (χ0n) is 17.0. The third-order valence-electron chi connectivity index (χ3n) is 9.11. The molecular weight excluding hydrogens is 328 g/mol. The smallest absolute Gasteiger partial charge is 0.0716 e. The number of rotatable bonds is 3. The third-order valence-corrected chi connectivity index (χ3v) is 15.5. The minimum Gasteiger partial charge on any atom is -0.0885 e. The van der Waals surface area contributed by atoms with E-state index in [1.165, 1.54) is 89.9 Å². The van der Waals surface area contributed by atoms with Crippen molar-refractivity contribution in [2.45, 2.75) is 119 Å². The van der Waals surface area contributed by atoms with Gasteiger partial charge in [-0.1, -0.05) is 41.0 Å². The van der Waals surface area contributed by atoms with Crippen molar-refractivity contribution in [2.75, 3.05) is 0 Å². The van der Waals surface area contributed by atoms with Gasteiger partial charge < -0.3 is 0 Å². The predicted octanol–water partition coefficient (Wildman–Crippen LogP) is 8.24. The Balaban J connectivity index is 1.57. The molecular formula is C25H38Si. The minimum atomic E-state index is -1.41. The van der Waals surface area contributed by atoms with E-state index in [1.807, 2.05) is 22.3 Å². The molecule has 0 nitrogen and oxygen atoms in total. The molecule has 26 heavy (non-hydrogen) atoms. The largest absolute Gasteiger partial charge is 0.0885 e. The highest BCUT2D eigenvalue weighted by atomic mass is 28.3. The van der Waals surface area contributed by atoms with E-state index >= 15 is 0 Å². The Labute approximate surface area is 162 Å². The molecule has 0 N–H and O–H groups in total. The molecule has 0 radical (unpaired) electrons. The fourth-order valence-corrected chi connectivity index (χ4v) is 14.6. The average molecular weight is 367 g/mol. The van der Waals surface area contributed by atoms with E-state index in [1.54, 1.807) is 6.42 Å². The Hall–Kier alpha value is -0.563. The Morgan fingerprint density at radius 1 is 0.692 bits per heavy atom. The van der Waals surface area contributed by atoms with E-state index in [2.05, 4.69) is 18.7 Å². The summed E-state index contributed by atoms with van der Waals surface area (Å²) in [7, 11) is -1.41. The Morgan fingerprint density at radius 2 is 1.38 bits per heavy atom. The molecule has 0 aromatic heterocycles. The lowest BCUT2D eigenvalue weighted by Crippen LogP contribution is -2.47. The van der Waals surface area contributed by atoms with Crippen LogP contribution in [0.25, 0.3) is 0 Å². The van der Waals surface area contributed by atoms with Crippen LogP contribution in [0.15, 0.2) is 34.4 Å². The van der Waals surface area contributed by atoms with Crippen molar-refractivity contribution in [2.24, 2.45) is 0 Å². The summed E-state index contributed by atoms with van der Waals surface area (Å²) >= 11 is 0. The number of hydrogen-bond donors (Lipinski definition) is 0. The van der Waals surface area contributed by atoms with E-state index in [0.29, 0.717) is 0 Å². The first-order valence-electron chi connectivity index (χ1n) is 11.9. The van der Waals surface area contributed by atoms with Gasteiger partial charge in [0.25, 0.3) is 0 Å². The fraction of sp³-hybridized carbons (Fsp3) is 0.760. The van der Waals surface area contributed by atoms with E-state index in [-0.39, 0.29) is 0 Å². The molecule has 142 valence electrons. The standard InChI is InChI=1S/C25H38Si/c1-26(21-12-3-2-4-13-21,24-16-8-11-19-10-7-15-23(19)24)25-18-17-20-9-5-6-14-22(20)25/h3,12,21,24-25H,2,4-11,13-18H2,1H3/t21-,24-,25+,26+/m1/s1. The van der Waals surface area contributed by atoms with Crippen LogP contribution in [-0.4, -0.2) is 8.07 Å². The minimum absolute atomic E-state index is 0.965. The van der Waals surface area contributed by atoms with Crippen LogP contribution in [0.4, 0.5) is 0 Å². The molecule has 0 aromatic carbocycles. The summed E-state index contributed by atoms with van der Waals surface area (Å²) in [6, 6.07) is 0. The monoisotopic (exact) mass is 366 g/mol. The van der Waals surface area contributed by atoms with E-state index in [9.17, 15) is 0 Å². The Kier molecular flexibility index (Phi) is 4.80. The molecule has 0 aliphatic heterocycles. The first kappa shape index (κ1) is 17.5. The molecule has 0 aromatic rings. The van der Waals surface area contributed by atoms with Crippen molar-refractivity contribution in [1.82, 2.24) is 0 Å². The zero-order valence-corrected chi connectivity index (χ0v) is 18.0. The Bertz CT molecular complexity index is 651. The molecule has 0 unspecified atom stereocenters. The van der Waals surface area contributed by atoms with Gasteiger partial charge in [0.1, 0.15) is 0 Å². The maximum atomic E-state index is 2.90. The SMILES string of the molecule is C[Si@]([C@@H]1C=CCCC1)([C@@H]1CCCC2=C1CCC2)[C@H]1CCC2=C1CCCC2. The van der Waals surface area contributed by atoms with Gasteiger partial charge in [0, 0.05) is 0 Å². The highest BCUT2D eigenvalue weighted by Crippen LogP contribution is 2.62. The molecule has 5 aliphatic rings. The van der Waals surface area contributed by atoms with Gasteiger partial charge in [0.05, 0.1) is 8.07 Å². The van der Waals surface area contributed by atoms with Gasteiger partial charge in [-0.15, -0.1) is 0 Å². The van der Waals surface area contributed by atoms with Gasteiger partial charge in [-0.05, 0) is 113 Å². The maximum absolute atomic E-state index is 2.90. The van der Waals surface area contributed by atoms with Gasteiger partial charge in [0.2, 0.25) is 0 Å². The molecule has 0 amide bonds. The molecule has 0 saturated carbocycles. The lowest BCUT2D eigenvalue weighted by molar-refractivity contribution is 0.609. The van der Waals surface area contributed by atoms with Crippen LogP contribution in [0.5, 0.6) is 0 Å². The van der Waals surface area contributed by atoms with Crippen molar-refractivity contribution < 1.29 is 0 Å². The van der Waals surface area contributed by atoms with Crippen LogP contribution in [0.2, 0.25) is 23.2 Å². The average Bonchev–Trinajstić information content (AvgIpc) is 3.35. The van der Waals surface area contributed by atoms with Crippen LogP contribution in [0.3, 0.4) is 0 Å². The number of allylic oxidation sites excluding steroid dienone is 6. The molecule has 1 heteroatoms. The van der Waals surface area contributed by atoms with Crippen molar-refractivity contribution in [3.8, 4) is 0 Å². The van der Waals surface area contributed by atoms with Gasteiger partial charge in [-0.3, -0.25) is 0 Å². The normalized spacial score (nSPS) is 36.9. The summed E-state index contributed by atoms with van der Waals surface area (Å²) in [6.45, 7) is 2.90. The van der Waals surface area contributed by atoms with Crippen molar-refractivity contribution in [1.29, 1.82) is 0 Å². The van der Waals surface area contributed by atoms with Gasteiger partial charge >= 0.3 is 0 Å². The summed E-state index contributed by atoms with van der Waals surface area (Å²) < 4.78 is 0. The molecule has 0 bridgehead atoms.